The number of carbonyl (C=O) groups excluding carboxylic acids is 1. The van der Waals surface area contributed by atoms with Gasteiger partial charge in [0.25, 0.3) is 0 Å². The molecule has 2 amide bonds. The summed E-state index contributed by atoms with van der Waals surface area (Å²) in [6, 6.07) is 3.90. The molecular formula is C17H23N5O3. The monoisotopic (exact) mass is 345 g/mol. The smallest absolute Gasteiger partial charge is 0.346 e. The minimum absolute atomic E-state index is 0.146. The van der Waals surface area contributed by atoms with Gasteiger partial charge in [-0.05, 0) is 37.8 Å². The second-order valence-corrected chi connectivity index (χ2v) is 6.79. The molecule has 2 heterocycles. The molecular weight excluding hydrogens is 322 g/mol. The van der Waals surface area contributed by atoms with Crippen molar-refractivity contribution in [1.29, 1.82) is 0 Å². The Morgan fingerprint density at radius 2 is 2.08 bits per heavy atom. The molecule has 2 fully saturated rings. The van der Waals surface area contributed by atoms with Gasteiger partial charge in [0.05, 0.1) is 12.8 Å². The maximum atomic E-state index is 12.6. The molecule has 134 valence electrons. The average Bonchev–Trinajstić information content (AvgIpc) is 3.02. The van der Waals surface area contributed by atoms with Crippen molar-refractivity contribution in [3.8, 4) is 11.6 Å². The van der Waals surface area contributed by atoms with Gasteiger partial charge in [-0.25, -0.2) is 14.3 Å². The van der Waals surface area contributed by atoms with Crippen molar-refractivity contribution >= 4 is 6.03 Å². The largest absolute Gasteiger partial charge is 0.461 e. The second-order valence-electron chi connectivity index (χ2n) is 6.79. The Bertz CT molecular complexity index is 782. The summed E-state index contributed by atoms with van der Waals surface area (Å²) in [5.74, 6) is 1.16. The maximum Gasteiger partial charge on any atom is 0.346 e. The minimum Gasteiger partial charge on any atom is -0.461 e. The Balaban J connectivity index is 1.40. The van der Waals surface area contributed by atoms with Crippen molar-refractivity contribution in [3.63, 3.8) is 0 Å². The van der Waals surface area contributed by atoms with Crippen LogP contribution in [0.25, 0.3) is 11.6 Å². The zero-order valence-corrected chi connectivity index (χ0v) is 14.1. The number of hydrogen-bond donors (Lipinski definition) is 2. The van der Waals surface area contributed by atoms with Crippen molar-refractivity contribution < 1.29 is 9.21 Å². The topological polar surface area (TPSA) is 94.1 Å². The van der Waals surface area contributed by atoms with Crippen molar-refractivity contribution in [2.45, 2.75) is 57.2 Å². The Kier molecular flexibility index (Phi) is 4.33. The molecule has 2 aromatic rings. The van der Waals surface area contributed by atoms with Crippen LogP contribution >= 0.6 is 0 Å². The summed E-state index contributed by atoms with van der Waals surface area (Å²) in [6.07, 6.45) is 7.99. The molecule has 0 spiro atoms. The molecule has 0 atom stereocenters. The van der Waals surface area contributed by atoms with Crippen LogP contribution in [-0.2, 0) is 6.54 Å². The molecule has 2 aliphatic carbocycles. The van der Waals surface area contributed by atoms with E-state index in [9.17, 15) is 9.59 Å². The normalized spacial score (nSPS) is 17.8. The number of hydrogen-bond acceptors (Lipinski definition) is 4. The number of amides is 2. The van der Waals surface area contributed by atoms with Crippen LogP contribution in [0.1, 0.15) is 44.6 Å². The predicted molar refractivity (Wildman–Crippen MR) is 91.3 cm³/mol. The number of rotatable bonds is 6. The van der Waals surface area contributed by atoms with Crippen LogP contribution in [0.15, 0.2) is 27.6 Å². The SMILES string of the molecule is O=C(NCCn1nc(-c2ccco2)n(C2CC2)c1=O)NC1CCCC1. The molecule has 2 aliphatic rings. The highest BCUT2D eigenvalue weighted by Crippen LogP contribution is 2.36. The summed E-state index contributed by atoms with van der Waals surface area (Å²) < 4.78 is 8.52. The molecule has 2 aromatic heterocycles. The molecule has 0 radical (unpaired) electrons. The van der Waals surface area contributed by atoms with E-state index in [1.54, 1.807) is 23.0 Å². The molecule has 25 heavy (non-hydrogen) atoms. The Hall–Kier alpha value is -2.51. The maximum absolute atomic E-state index is 12.6. The molecule has 0 aliphatic heterocycles. The first-order valence-electron chi connectivity index (χ1n) is 9.00. The minimum atomic E-state index is -0.173. The fourth-order valence-corrected chi connectivity index (χ4v) is 3.38. The molecule has 0 aromatic carbocycles. The fraction of sp³-hybridized carbons (Fsp3) is 0.588. The second kappa shape index (κ2) is 6.78. The average molecular weight is 345 g/mol. The quantitative estimate of drug-likeness (QED) is 0.836. The lowest BCUT2D eigenvalue weighted by atomic mass is 10.2. The third-order valence-corrected chi connectivity index (χ3v) is 4.82. The summed E-state index contributed by atoms with van der Waals surface area (Å²) in [5, 5.41) is 10.2. The van der Waals surface area contributed by atoms with Gasteiger partial charge >= 0.3 is 11.7 Å². The Morgan fingerprint density at radius 3 is 2.76 bits per heavy atom. The van der Waals surface area contributed by atoms with E-state index in [1.165, 1.54) is 17.5 Å². The van der Waals surface area contributed by atoms with Crippen LogP contribution in [0, 0.1) is 0 Å². The van der Waals surface area contributed by atoms with Gasteiger partial charge in [0, 0.05) is 18.6 Å². The molecule has 0 unspecified atom stereocenters. The number of nitrogens with zero attached hydrogens (tertiary/aromatic N) is 3. The summed E-state index contributed by atoms with van der Waals surface area (Å²) in [6.45, 7) is 0.697. The molecule has 4 rings (SSSR count). The van der Waals surface area contributed by atoms with Crippen LogP contribution in [0.3, 0.4) is 0 Å². The van der Waals surface area contributed by atoms with Crippen LogP contribution in [0.4, 0.5) is 4.79 Å². The summed E-state index contributed by atoms with van der Waals surface area (Å²) in [4.78, 5) is 24.5. The Morgan fingerprint density at radius 1 is 1.28 bits per heavy atom. The molecule has 0 saturated heterocycles. The van der Waals surface area contributed by atoms with Gasteiger partial charge in [-0.15, -0.1) is 5.10 Å². The van der Waals surface area contributed by atoms with E-state index in [-0.39, 0.29) is 23.8 Å². The van der Waals surface area contributed by atoms with Gasteiger partial charge in [0.15, 0.2) is 5.76 Å². The molecule has 2 N–H and O–H groups in total. The zero-order valence-electron chi connectivity index (χ0n) is 14.1. The van der Waals surface area contributed by atoms with Crippen LogP contribution in [0.2, 0.25) is 0 Å². The van der Waals surface area contributed by atoms with E-state index in [1.807, 2.05) is 0 Å². The first kappa shape index (κ1) is 16.0. The van der Waals surface area contributed by atoms with Crippen LogP contribution in [-0.4, -0.2) is 33.0 Å². The first-order chi connectivity index (χ1) is 12.2. The molecule has 8 nitrogen and oxygen atoms in total. The number of nitrogens with one attached hydrogen (secondary N) is 2. The van der Waals surface area contributed by atoms with E-state index < -0.39 is 0 Å². The predicted octanol–water partition coefficient (Wildman–Crippen LogP) is 1.88. The third-order valence-electron chi connectivity index (χ3n) is 4.82. The van der Waals surface area contributed by atoms with Gasteiger partial charge in [-0.2, -0.15) is 0 Å². The summed E-state index contributed by atoms with van der Waals surface area (Å²) >= 11 is 0. The lowest BCUT2D eigenvalue weighted by molar-refractivity contribution is 0.236. The zero-order chi connectivity index (χ0) is 17.2. The third kappa shape index (κ3) is 3.47. The van der Waals surface area contributed by atoms with Crippen molar-refractivity contribution in [2.24, 2.45) is 0 Å². The van der Waals surface area contributed by atoms with Crippen LogP contribution in [0.5, 0.6) is 0 Å². The highest BCUT2D eigenvalue weighted by molar-refractivity contribution is 5.74. The lowest BCUT2D eigenvalue weighted by Gasteiger charge is -2.12. The van der Waals surface area contributed by atoms with E-state index in [2.05, 4.69) is 15.7 Å². The first-order valence-corrected chi connectivity index (χ1v) is 9.00. The van der Waals surface area contributed by atoms with Gasteiger partial charge in [-0.1, -0.05) is 12.8 Å². The van der Waals surface area contributed by atoms with E-state index in [0.29, 0.717) is 24.7 Å². The van der Waals surface area contributed by atoms with E-state index in [0.717, 1.165) is 25.7 Å². The number of urea groups is 1. The van der Waals surface area contributed by atoms with E-state index >= 15 is 0 Å². The summed E-state index contributed by atoms with van der Waals surface area (Å²) in [5.41, 5.74) is -0.146. The van der Waals surface area contributed by atoms with Crippen molar-refractivity contribution in [2.75, 3.05) is 6.54 Å². The van der Waals surface area contributed by atoms with Crippen LogP contribution < -0.4 is 16.3 Å². The number of furan rings is 1. The standard InChI is InChI=1S/C17H23N5O3/c23-16(19-12-4-1-2-5-12)18-9-10-21-17(24)22(13-7-8-13)15(20-21)14-6-3-11-25-14/h3,6,11-13H,1-2,4-5,7-10H2,(H2,18,19,23). The Labute approximate surface area is 145 Å². The molecule has 2 saturated carbocycles. The lowest BCUT2D eigenvalue weighted by Crippen LogP contribution is -2.42. The van der Waals surface area contributed by atoms with Crippen molar-refractivity contribution in [1.82, 2.24) is 25.0 Å². The van der Waals surface area contributed by atoms with Gasteiger partial charge in [0.2, 0.25) is 5.82 Å². The van der Waals surface area contributed by atoms with E-state index in [4.69, 9.17) is 4.42 Å². The molecule has 0 bridgehead atoms. The van der Waals surface area contributed by atoms with Gasteiger partial charge < -0.3 is 15.1 Å². The highest BCUT2D eigenvalue weighted by Gasteiger charge is 2.31. The summed E-state index contributed by atoms with van der Waals surface area (Å²) in [7, 11) is 0. The van der Waals surface area contributed by atoms with Gasteiger partial charge in [-0.3, -0.25) is 4.57 Å². The number of carbonyl (C=O) groups is 1. The van der Waals surface area contributed by atoms with Crippen molar-refractivity contribution in [3.05, 3.63) is 28.9 Å². The number of aromatic nitrogens is 3. The fourth-order valence-electron chi connectivity index (χ4n) is 3.38. The molecule has 8 heteroatoms. The highest BCUT2D eigenvalue weighted by atomic mass is 16.3. The van der Waals surface area contributed by atoms with Gasteiger partial charge in [0.1, 0.15) is 0 Å².